The van der Waals surface area contributed by atoms with E-state index in [2.05, 4.69) is 0 Å². The molecule has 76 valence electrons. The van der Waals surface area contributed by atoms with Crippen molar-refractivity contribution in [1.82, 2.24) is 4.31 Å². The highest BCUT2D eigenvalue weighted by atomic mass is 32.2. The van der Waals surface area contributed by atoms with E-state index >= 15 is 0 Å². The maximum Gasteiger partial charge on any atom is 0.322 e. The minimum Gasteiger partial charge on any atom is -0.480 e. The van der Waals surface area contributed by atoms with Crippen molar-refractivity contribution in [2.45, 2.75) is 18.3 Å². The van der Waals surface area contributed by atoms with Crippen LogP contribution in [0.3, 0.4) is 0 Å². The van der Waals surface area contributed by atoms with Gasteiger partial charge in [-0.3, -0.25) is 4.79 Å². The Morgan fingerprint density at radius 3 is 2.54 bits per heavy atom. The summed E-state index contributed by atoms with van der Waals surface area (Å²) in [6.45, 7) is 1.61. The quantitative estimate of drug-likeness (QED) is 0.631. The molecule has 13 heavy (non-hydrogen) atoms. The third-order valence-corrected chi connectivity index (χ3v) is 4.25. The molecule has 2 atom stereocenters. The third-order valence-electron chi connectivity index (χ3n) is 1.74. The Bertz CT molecular complexity index is 314. The van der Waals surface area contributed by atoms with Crippen LogP contribution in [0.25, 0.3) is 0 Å². The Labute approximate surface area is 80.3 Å². The first-order valence-corrected chi connectivity index (χ1v) is 6.05. The number of carboxylic acids is 1. The minimum atomic E-state index is -3.91. The van der Waals surface area contributed by atoms with Gasteiger partial charge in [-0.2, -0.15) is 12.7 Å². The summed E-state index contributed by atoms with van der Waals surface area (Å²) < 4.78 is 22.8. The summed E-state index contributed by atoms with van der Waals surface area (Å²) in [6.07, 6.45) is 0. The summed E-state index contributed by atoms with van der Waals surface area (Å²) in [5, 5.41) is 13.2. The second-order valence-electron chi connectivity index (χ2n) is 2.66. The Hall–Kier alpha value is -0.310. The molecule has 1 fully saturated rings. The van der Waals surface area contributed by atoms with Crippen LogP contribution >= 0.6 is 11.8 Å². The molecule has 3 N–H and O–H groups in total. The Morgan fingerprint density at radius 2 is 2.23 bits per heavy atom. The van der Waals surface area contributed by atoms with Gasteiger partial charge < -0.3 is 5.11 Å². The largest absolute Gasteiger partial charge is 0.480 e. The fourth-order valence-corrected chi connectivity index (χ4v) is 3.82. The van der Waals surface area contributed by atoms with Gasteiger partial charge in [-0.25, -0.2) is 5.14 Å². The molecule has 0 bridgehead atoms. The molecule has 0 aromatic carbocycles. The number of aliphatic carboxylic acids is 1. The molecule has 1 heterocycles. The first-order valence-electron chi connectivity index (χ1n) is 3.49. The van der Waals surface area contributed by atoms with Crippen LogP contribution in [0.15, 0.2) is 0 Å². The lowest BCUT2D eigenvalue weighted by atomic mass is 10.3. The van der Waals surface area contributed by atoms with Gasteiger partial charge in [0.05, 0.1) is 5.37 Å². The van der Waals surface area contributed by atoms with E-state index in [-0.39, 0.29) is 5.75 Å². The van der Waals surface area contributed by atoms with Gasteiger partial charge in [0.2, 0.25) is 0 Å². The maximum absolute atomic E-state index is 11.0. The fraction of sp³-hybridized carbons (Fsp3) is 0.800. The maximum atomic E-state index is 11.0. The van der Waals surface area contributed by atoms with Crippen molar-refractivity contribution in [2.24, 2.45) is 5.14 Å². The molecule has 0 spiro atoms. The Kier molecular flexibility index (Phi) is 2.85. The first kappa shape index (κ1) is 10.8. The number of carbonyl (C=O) groups is 1. The van der Waals surface area contributed by atoms with E-state index in [1.807, 2.05) is 0 Å². The summed E-state index contributed by atoms with van der Waals surface area (Å²) in [6, 6.07) is -1.03. The number of rotatable bonds is 2. The molecule has 8 heteroatoms. The number of nitrogens with zero attached hydrogens (tertiary/aromatic N) is 1. The fourth-order valence-electron chi connectivity index (χ4n) is 1.20. The van der Waals surface area contributed by atoms with Gasteiger partial charge in [0.1, 0.15) is 6.04 Å². The van der Waals surface area contributed by atoms with Crippen LogP contribution in [0.2, 0.25) is 0 Å². The molecule has 1 rings (SSSR count). The predicted octanol–water partition coefficient (Wildman–Crippen LogP) is -0.962. The van der Waals surface area contributed by atoms with Crippen LogP contribution in [-0.4, -0.2) is 41.0 Å². The number of hydrogen-bond acceptors (Lipinski definition) is 4. The van der Waals surface area contributed by atoms with Crippen molar-refractivity contribution >= 4 is 27.9 Å². The zero-order chi connectivity index (χ0) is 10.2. The van der Waals surface area contributed by atoms with Crippen molar-refractivity contribution in [3.05, 3.63) is 0 Å². The van der Waals surface area contributed by atoms with Crippen LogP contribution in [0.4, 0.5) is 0 Å². The second kappa shape index (κ2) is 3.45. The molecule has 6 nitrogen and oxygen atoms in total. The summed E-state index contributed by atoms with van der Waals surface area (Å²) in [7, 11) is -3.91. The normalized spacial score (nSPS) is 30.6. The van der Waals surface area contributed by atoms with Crippen molar-refractivity contribution in [3.8, 4) is 0 Å². The first-order chi connectivity index (χ1) is 5.84. The van der Waals surface area contributed by atoms with E-state index in [1.165, 1.54) is 11.8 Å². The van der Waals surface area contributed by atoms with Gasteiger partial charge in [0.15, 0.2) is 0 Å². The zero-order valence-electron chi connectivity index (χ0n) is 6.87. The average Bonchev–Trinajstić information content (AvgIpc) is 2.28. The van der Waals surface area contributed by atoms with E-state index in [1.54, 1.807) is 6.92 Å². The van der Waals surface area contributed by atoms with Crippen LogP contribution in [0.5, 0.6) is 0 Å². The molecule has 2 unspecified atom stereocenters. The van der Waals surface area contributed by atoms with Crippen molar-refractivity contribution in [3.63, 3.8) is 0 Å². The molecule has 0 aliphatic carbocycles. The highest BCUT2D eigenvalue weighted by Crippen LogP contribution is 2.29. The van der Waals surface area contributed by atoms with Crippen LogP contribution < -0.4 is 5.14 Å². The third kappa shape index (κ3) is 2.13. The Balaban J connectivity index is 2.97. The minimum absolute atomic E-state index is 0.243. The van der Waals surface area contributed by atoms with E-state index < -0.39 is 27.6 Å². The lowest BCUT2D eigenvalue weighted by molar-refractivity contribution is -0.140. The van der Waals surface area contributed by atoms with Gasteiger partial charge in [0, 0.05) is 5.75 Å². The SMILES string of the molecule is CC1SCC(C(=O)O)N1S(N)(=O)=O. The summed E-state index contributed by atoms with van der Waals surface area (Å²) >= 11 is 1.25. The van der Waals surface area contributed by atoms with E-state index in [0.717, 1.165) is 4.31 Å². The standard InChI is InChI=1S/C5H10N2O4S2/c1-3-7(13(6,10)11)4(2-12-3)5(8)9/h3-4H,2H2,1H3,(H,8,9)(H2,6,10,11). The number of carboxylic acid groups (broad SMARTS) is 1. The molecular weight excluding hydrogens is 216 g/mol. The predicted molar refractivity (Wildman–Crippen MR) is 48.3 cm³/mol. The summed E-state index contributed by atoms with van der Waals surface area (Å²) in [5.74, 6) is -0.918. The monoisotopic (exact) mass is 226 g/mol. The summed E-state index contributed by atoms with van der Waals surface area (Å²) in [4.78, 5) is 10.6. The number of nitrogens with two attached hydrogens (primary N) is 1. The van der Waals surface area contributed by atoms with Gasteiger partial charge in [0.25, 0.3) is 10.2 Å². The smallest absolute Gasteiger partial charge is 0.322 e. The lowest BCUT2D eigenvalue weighted by Crippen LogP contribution is -2.47. The van der Waals surface area contributed by atoms with E-state index in [4.69, 9.17) is 10.2 Å². The molecule has 1 saturated heterocycles. The molecule has 0 amide bonds. The molecular formula is C5H10N2O4S2. The van der Waals surface area contributed by atoms with Crippen LogP contribution in [0, 0.1) is 0 Å². The number of thioether (sulfide) groups is 1. The highest BCUT2D eigenvalue weighted by Gasteiger charge is 2.42. The zero-order valence-corrected chi connectivity index (χ0v) is 8.51. The topological polar surface area (TPSA) is 101 Å². The number of hydrogen-bond donors (Lipinski definition) is 2. The molecule has 0 aromatic heterocycles. The van der Waals surface area contributed by atoms with Gasteiger partial charge in [-0.1, -0.05) is 0 Å². The van der Waals surface area contributed by atoms with Crippen molar-refractivity contribution in [2.75, 3.05) is 5.75 Å². The van der Waals surface area contributed by atoms with Crippen LogP contribution in [-0.2, 0) is 15.0 Å². The van der Waals surface area contributed by atoms with E-state index in [9.17, 15) is 13.2 Å². The lowest BCUT2D eigenvalue weighted by Gasteiger charge is -2.20. The highest BCUT2D eigenvalue weighted by molar-refractivity contribution is 8.01. The van der Waals surface area contributed by atoms with Crippen molar-refractivity contribution < 1.29 is 18.3 Å². The van der Waals surface area contributed by atoms with Crippen LogP contribution in [0.1, 0.15) is 6.92 Å². The summed E-state index contributed by atoms with van der Waals surface area (Å²) in [5.41, 5.74) is 0. The van der Waals surface area contributed by atoms with Gasteiger partial charge in [-0.15, -0.1) is 11.8 Å². The molecule has 0 radical (unpaired) electrons. The van der Waals surface area contributed by atoms with Gasteiger partial charge in [-0.05, 0) is 6.92 Å². The average molecular weight is 226 g/mol. The molecule has 0 aromatic rings. The molecule has 1 aliphatic heterocycles. The van der Waals surface area contributed by atoms with E-state index in [0.29, 0.717) is 0 Å². The molecule has 1 aliphatic rings. The van der Waals surface area contributed by atoms with Crippen molar-refractivity contribution in [1.29, 1.82) is 0 Å². The second-order valence-corrected chi connectivity index (χ2v) is 5.46. The molecule has 0 saturated carbocycles. The van der Waals surface area contributed by atoms with Gasteiger partial charge >= 0.3 is 5.97 Å². The Morgan fingerprint density at radius 1 is 1.69 bits per heavy atom.